The van der Waals surface area contributed by atoms with E-state index in [0.717, 1.165) is 27.2 Å². The summed E-state index contributed by atoms with van der Waals surface area (Å²) < 4.78 is 11.9. The molecule has 2 aromatic carbocycles. The highest BCUT2D eigenvalue weighted by molar-refractivity contribution is 9.10. The number of ether oxygens (including phenoxy) is 2. The Balaban J connectivity index is 1.76. The van der Waals surface area contributed by atoms with Gasteiger partial charge in [0, 0.05) is 12.2 Å². The Labute approximate surface area is 150 Å². The first-order valence-electron chi connectivity index (χ1n) is 7.70. The van der Waals surface area contributed by atoms with Gasteiger partial charge in [-0.3, -0.25) is 4.79 Å². The number of hydrogen-bond donors (Lipinski definition) is 2. The molecule has 24 heavy (non-hydrogen) atoms. The van der Waals surface area contributed by atoms with Crippen LogP contribution in [0.1, 0.15) is 12.0 Å². The van der Waals surface area contributed by atoms with Gasteiger partial charge in [-0.25, -0.2) is 0 Å². The molecule has 0 radical (unpaired) electrons. The van der Waals surface area contributed by atoms with Crippen molar-refractivity contribution in [2.24, 2.45) is 5.73 Å². The van der Waals surface area contributed by atoms with Gasteiger partial charge in [-0.15, -0.1) is 0 Å². The van der Waals surface area contributed by atoms with E-state index in [9.17, 15) is 4.79 Å². The smallest absolute Gasteiger partial charge is 0.227 e. The lowest BCUT2D eigenvalue weighted by atomic mass is 10.2. The minimum absolute atomic E-state index is 0.103. The number of carbonyl (C=O) groups excluding carboxylic acids is 1. The number of rotatable bonds is 8. The standard InChI is InChI=1S/C18H21BrN2O3/c1-13-2-7-17(16(19)12-13)24-10-8-18(22)21-14-3-5-15(6-4-14)23-11-9-20/h2-7,12H,8-11,20H2,1H3,(H,21,22). The fourth-order valence-electron chi connectivity index (χ4n) is 2.01. The van der Waals surface area contributed by atoms with Crippen molar-refractivity contribution in [2.45, 2.75) is 13.3 Å². The zero-order valence-electron chi connectivity index (χ0n) is 13.5. The third-order valence-corrected chi connectivity index (χ3v) is 3.82. The first-order chi connectivity index (χ1) is 11.6. The maximum absolute atomic E-state index is 11.9. The Bertz CT molecular complexity index is 674. The molecule has 0 heterocycles. The molecule has 0 fully saturated rings. The number of nitrogens with one attached hydrogen (secondary N) is 1. The van der Waals surface area contributed by atoms with Gasteiger partial charge in [0.15, 0.2) is 0 Å². The Morgan fingerprint density at radius 1 is 1.12 bits per heavy atom. The van der Waals surface area contributed by atoms with Crippen LogP contribution in [0.25, 0.3) is 0 Å². The molecule has 0 aromatic heterocycles. The van der Waals surface area contributed by atoms with Gasteiger partial charge in [0.05, 0.1) is 17.5 Å². The molecular formula is C18H21BrN2O3. The summed E-state index contributed by atoms with van der Waals surface area (Å²) in [5.74, 6) is 1.36. The van der Waals surface area contributed by atoms with Crippen LogP contribution in [0.4, 0.5) is 5.69 Å². The molecule has 0 saturated heterocycles. The van der Waals surface area contributed by atoms with E-state index in [1.54, 1.807) is 24.3 Å². The van der Waals surface area contributed by atoms with Gasteiger partial charge in [-0.2, -0.15) is 0 Å². The lowest BCUT2D eigenvalue weighted by Crippen LogP contribution is -2.15. The van der Waals surface area contributed by atoms with Crippen LogP contribution in [0.2, 0.25) is 0 Å². The average Bonchev–Trinajstić information content (AvgIpc) is 2.56. The molecule has 5 nitrogen and oxygen atoms in total. The molecule has 2 aromatic rings. The van der Waals surface area contributed by atoms with Crippen LogP contribution in [0, 0.1) is 6.92 Å². The van der Waals surface area contributed by atoms with Crippen molar-refractivity contribution < 1.29 is 14.3 Å². The van der Waals surface area contributed by atoms with Gasteiger partial charge < -0.3 is 20.5 Å². The Kier molecular flexibility index (Phi) is 7.08. The van der Waals surface area contributed by atoms with Crippen molar-refractivity contribution in [3.8, 4) is 11.5 Å². The molecule has 2 rings (SSSR count). The molecule has 1 amide bonds. The summed E-state index contributed by atoms with van der Waals surface area (Å²) in [4.78, 5) is 11.9. The summed E-state index contributed by atoms with van der Waals surface area (Å²) in [5, 5.41) is 2.82. The zero-order valence-corrected chi connectivity index (χ0v) is 15.1. The van der Waals surface area contributed by atoms with Gasteiger partial charge in [0.1, 0.15) is 18.1 Å². The number of anilines is 1. The SMILES string of the molecule is Cc1ccc(OCCC(=O)Nc2ccc(OCCN)cc2)c(Br)c1. The number of benzene rings is 2. The molecule has 0 aliphatic rings. The summed E-state index contributed by atoms with van der Waals surface area (Å²) in [5.41, 5.74) is 7.24. The molecule has 0 aliphatic heterocycles. The highest BCUT2D eigenvalue weighted by Crippen LogP contribution is 2.25. The predicted molar refractivity (Wildman–Crippen MR) is 98.6 cm³/mol. The van der Waals surface area contributed by atoms with Crippen molar-refractivity contribution >= 4 is 27.5 Å². The molecule has 128 valence electrons. The quantitative estimate of drug-likeness (QED) is 0.720. The Morgan fingerprint density at radius 3 is 2.54 bits per heavy atom. The van der Waals surface area contributed by atoms with Crippen molar-refractivity contribution in [3.63, 3.8) is 0 Å². The van der Waals surface area contributed by atoms with Gasteiger partial charge in [-0.05, 0) is 64.8 Å². The van der Waals surface area contributed by atoms with Crippen LogP contribution < -0.4 is 20.5 Å². The summed E-state index contributed by atoms with van der Waals surface area (Å²) in [7, 11) is 0. The molecule has 3 N–H and O–H groups in total. The normalized spacial score (nSPS) is 10.3. The van der Waals surface area contributed by atoms with Crippen molar-refractivity contribution in [2.75, 3.05) is 25.1 Å². The topological polar surface area (TPSA) is 73.6 Å². The van der Waals surface area contributed by atoms with Crippen LogP contribution in [0.3, 0.4) is 0 Å². The first kappa shape index (κ1) is 18.3. The van der Waals surface area contributed by atoms with E-state index in [4.69, 9.17) is 15.2 Å². The summed E-state index contributed by atoms with van der Waals surface area (Å²) in [6.45, 7) is 3.26. The monoisotopic (exact) mass is 392 g/mol. The molecular weight excluding hydrogens is 372 g/mol. The highest BCUT2D eigenvalue weighted by atomic mass is 79.9. The predicted octanol–water partition coefficient (Wildman–Crippen LogP) is 3.50. The lowest BCUT2D eigenvalue weighted by Gasteiger charge is -2.10. The van der Waals surface area contributed by atoms with Gasteiger partial charge in [0.2, 0.25) is 5.91 Å². The molecule has 0 spiro atoms. The second kappa shape index (κ2) is 9.30. The maximum atomic E-state index is 11.9. The molecule has 0 unspecified atom stereocenters. The second-order valence-electron chi connectivity index (χ2n) is 5.24. The van der Waals surface area contributed by atoms with E-state index in [2.05, 4.69) is 21.2 Å². The van der Waals surface area contributed by atoms with Crippen LogP contribution in [-0.4, -0.2) is 25.7 Å². The molecule has 0 saturated carbocycles. The third-order valence-electron chi connectivity index (χ3n) is 3.20. The zero-order chi connectivity index (χ0) is 17.4. The summed E-state index contributed by atoms with van der Waals surface area (Å²) in [6.07, 6.45) is 0.270. The summed E-state index contributed by atoms with van der Waals surface area (Å²) >= 11 is 3.45. The Morgan fingerprint density at radius 2 is 1.88 bits per heavy atom. The fraction of sp³-hybridized carbons (Fsp3) is 0.278. The summed E-state index contributed by atoms with van der Waals surface area (Å²) in [6, 6.07) is 13.0. The number of halogens is 1. The number of amides is 1. The molecule has 0 aliphatic carbocycles. The van der Waals surface area contributed by atoms with E-state index >= 15 is 0 Å². The third kappa shape index (κ3) is 5.86. The number of hydrogen-bond acceptors (Lipinski definition) is 4. The number of carbonyl (C=O) groups is 1. The van der Waals surface area contributed by atoms with Gasteiger partial charge in [-0.1, -0.05) is 6.07 Å². The minimum atomic E-state index is -0.103. The Hall–Kier alpha value is -2.05. The largest absolute Gasteiger partial charge is 0.492 e. The number of aryl methyl sites for hydroxylation is 1. The molecule has 6 heteroatoms. The highest BCUT2D eigenvalue weighted by Gasteiger charge is 2.05. The average molecular weight is 393 g/mol. The minimum Gasteiger partial charge on any atom is -0.492 e. The van der Waals surface area contributed by atoms with E-state index in [1.165, 1.54) is 0 Å². The van der Waals surface area contributed by atoms with Crippen molar-refractivity contribution in [1.82, 2.24) is 0 Å². The van der Waals surface area contributed by atoms with Crippen LogP contribution in [-0.2, 0) is 4.79 Å². The van der Waals surface area contributed by atoms with E-state index < -0.39 is 0 Å². The van der Waals surface area contributed by atoms with Crippen molar-refractivity contribution in [3.05, 3.63) is 52.5 Å². The molecule has 0 bridgehead atoms. The second-order valence-corrected chi connectivity index (χ2v) is 6.10. The van der Waals surface area contributed by atoms with E-state index in [0.29, 0.717) is 19.8 Å². The van der Waals surface area contributed by atoms with Crippen molar-refractivity contribution in [1.29, 1.82) is 0 Å². The number of nitrogens with two attached hydrogens (primary N) is 1. The molecule has 0 atom stereocenters. The fourth-order valence-corrected chi connectivity index (χ4v) is 2.62. The van der Waals surface area contributed by atoms with Crippen LogP contribution >= 0.6 is 15.9 Å². The van der Waals surface area contributed by atoms with Crippen LogP contribution in [0.5, 0.6) is 11.5 Å². The lowest BCUT2D eigenvalue weighted by molar-refractivity contribution is -0.116. The van der Waals surface area contributed by atoms with Gasteiger partial charge in [0.25, 0.3) is 0 Å². The van der Waals surface area contributed by atoms with Gasteiger partial charge >= 0.3 is 0 Å². The van der Waals surface area contributed by atoms with Crippen LogP contribution in [0.15, 0.2) is 46.9 Å². The first-order valence-corrected chi connectivity index (χ1v) is 8.49. The van der Waals surface area contributed by atoms with E-state index in [1.807, 2.05) is 25.1 Å². The van der Waals surface area contributed by atoms with E-state index in [-0.39, 0.29) is 12.3 Å². The maximum Gasteiger partial charge on any atom is 0.227 e.